The summed E-state index contributed by atoms with van der Waals surface area (Å²) in [5.74, 6) is -1.70. The molecule has 0 aliphatic rings. The van der Waals surface area contributed by atoms with Gasteiger partial charge in [-0.2, -0.15) is 0 Å². The van der Waals surface area contributed by atoms with Crippen molar-refractivity contribution in [2.75, 3.05) is 13.3 Å². The summed E-state index contributed by atoms with van der Waals surface area (Å²) in [6, 6.07) is 0. The molecule has 0 aromatic rings. The first-order valence-electron chi connectivity index (χ1n) is 2.63. The van der Waals surface area contributed by atoms with E-state index in [1.165, 1.54) is 0 Å². The van der Waals surface area contributed by atoms with E-state index in [1.54, 1.807) is 0 Å². The van der Waals surface area contributed by atoms with E-state index in [0.29, 0.717) is 0 Å². The molecule has 0 heterocycles. The molecule has 1 unspecified atom stereocenters. The van der Waals surface area contributed by atoms with Crippen LogP contribution < -0.4 is 5.73 Å². The molecule has 0 fully saturated rings. The topological polar surface area (TPSA) is 43.1 Å². The molecule has 0 radical (unpaired) electrons. The van der Waals surface area contributed by atoms with Crippen LogP contribution >= 0.6 is 0 Å². The summed E-state index contributed by atoms with van der Waals surface area (Å²) in [6.45, 7) is -1.56. The standard InChI is InChI=1S/C5H9F2NO/c6-2-1-4(3-7)5(8)9/h4H,1-3H2,(H2,8,9). The van der Waals surface area contributed by atoms with E-state index in [4.69, 9.17) is 0 Å². The van der Waals surface area contributed by atoms with Crippen molar-refractivity contribution in [1.82, 2.24) is 0 Å². The monoisotopic (exact) mass is 137 g/mol. The van der Waals surface area contributed by atoms with E-state index in [2.05, 4.69) is 5.73 Å². The fourth-order valence-electron chi connectivity index (χ4n) is 0.427. The molecule has 0 saturated heterocycles. The average Bonchev–Trinajstić information content (AvgIpc) is 1.82. The van der Waals surface area contributed by atoms with Gasteiger partial charge in [0.25, 0.3) is 0 Å². The van der Waals surface area contributed by atoms with Crippen LogP contribution in [-0.4, -0.2) is 19.3 Å². The fraction of sp³-hybridized carbons (Fsp3) is 0.800. The first kappa shape index (κ1) is 8.33. The molecule has 0 rings (SSSR count). The Balaban J connectivity index is 3.54. The molecular formula is C5H9F2NO. The summed E-state index contributed by atoms with van der Waals surface area (Å²) in [7, 11) is 0. The zero-order valence-corrected chi connectivity index (χ0v) is 4.94. The molecule has 54 valence electrons. The molecule has 0 aromatic heterocycles. The Hall–Kier alpha value is -0.670. The van der Waals surface area contributed by atoms with Gasteiger partial charge in [0.05, 0.1) is 12.6 Å². The summed E-state index contributed by atoms with van der Waals surface area (Å²) in [4.78, 5) is 10.1. The summed E-state index contributed by atoms with van der Waals surface area (Å²) < 4.78 is 23.0. The van der Waals surface area contributed by atoms with Gasteiger partial charge < -0.3 is 5.73 Å². The quantitative estimate of drug-likeness (QED) is 0.599. The minimum Gasteiger partial charge on any atom is -0.369 e. The molecule has 2 N–H and O–H groups in total. The molecule has 2 nitrogen and oxygen atoms in total. The van der Waals surface area contributed by atoms with Crippen LogP contribution in [0.15, 0.2) is 0 Å². The first-order valence-corrected chi connectivity index (χ1v) is 2.63. The smallest absolute Gasteiger partial charge is 0.223 e. The highest BCUT2D eigenvalue weighted by Crippen LogP contribution is 2.02. The van der Waals surface area contributed by atoms with E-state index in [-0.39, 0.29) is 6.42 Å². The molecule has 0 aliphatic carbocycles. The normalized spacial score (nSPS) is 13.1. The van der Waals surface area contributed by atoms with Gasteiger partial charge in [-0.3, -0.25) is 13.6 Å². The lowest BCUT2D eigenvalue weighted by molar-refractivity contribution is -0.122. The number of alkyl halides is 2. The average molecular weight is 137 g/mol. The summed E-state index contributed by atoms with van der Waals surface area (Å²) in [6.07, 6.45) is -0.105. The molecule has 1 amide bonds. The number of nitrogens with two attached hydrogens (primary N) is 1. The minimum absolute atomic E-state index is 0.105. The third-order valence-corrected chi connectivity index (χ3v) is 1.05. The Morgan fingerprint density at radius 2 is 2.11 bits per heavy atom. The fourth-order valence-corrected chi connectivity index (χ4v) is 0.427. The molecule has 4 heteroatoms. The largest absolute Gasteiger partial charge is 0.369 e. The Kier molecular flexibility index (Phi) is 3.92. The van der Waals surface area contributed by atoms with Gasteiger partial charge in [0.1, 0.15) is 6.67 Å². The van der Waals surface area contributed by atoms with Crippen LogP contribution in [0.1, 0.15) is 6.42 Å². The lowest BCUT2D eigenvalue weighted by Crippen LogP contribution is -2.25. The van der Waals surface area contributed by atoms with Gasteiger partial charge in [-0.25, -0.2) is 0 Å². The molecule has 0 aromatic carbocycles. The number of rotatable bonds is 4. The van der Waals surface area contributed by atoms with Crippen LogP contribution in [0.4, 0.5) is 8.78 Å². The van der Waals surface area contributed by atoms with Gasteiger partial charge in [-0.15, -0.1) is 0 Å². The maximum absolute atomic E-state index is 11.6. The molecule has 0 saturated carbocycles. The number of primary amides is 1. The van der Waals surface area contributed by atoms with Crippen LogP contribution in [0.5, 0.6) is 0 Å². The number of amides is 1. The third kappa shape index (κ3) is 3.00. The SMILES string of the molecule is NC(=O)C(CF)CCF. The van der Waals surface area contributed by atoms with Crippen LogP contribution in [-0.2, 0) is 4.79 Å². The molecule has 9 heavy (non-hydrogen) atoms. The second-order valence-electron chi connectivity index (χ2n) is 1.73. The van der Waals surface area contributed by atoms with Crippen LogP contribution in [0.25, 0.3) is 0 Å². The molecule has 0 bridgehead atoms. The Morgan fingerprint density at radius 1 is 1.56 bits per heavy atom. The molecule has 1 atom stereocenters. The molecule has 0 aliphatic heterocycles. The van der Waals surface area contributed by atoms with Gasteiger partial charge in [0, 0.05) is 0 Å². The number of carbonyl (C=O) groups excluding carboxylic acids is 1. The second-order valence-corrected chi connectivity index (χ2v) is 1.73. The minimum atomic E-state index is -0.935. The van der Waals surface area contributed by atoms with Gasteiger partial charge in [0.2, 0.25) is 5.91 Å². The third-order valence-electron chi connectivity index (χ3n) is 1.05. The van der Waals surface area contributed by atoms with Gasteiger partial charge in [-0.05, 0) is 6.42 Å². The van der Waals surface area contributed by atoms with Gasteiger partial charge in [-0.1, -0.05) is 0 Å². The van der Waals surface area contributed by atoms with Crippen molar-refractivity contribution in [2.24, 2.45) is 11.7 Å². The van der Waals surface area contributed by atoms with E-state index >= 15 is 0 Å². The Bertz CT molecular complexity index is 97.0. The number of hydrogen-bond acceptors (Lipinski definition) is 1. The number of halogens is 2. The van der Waals surface area contributed by atoms with Crippen molar-refractivity contribution in [1.29, 1.82) is 0 Å². The zero-order valence-electron chi connectivity index (χ0n) is 4.94. The molecular weight excluding hydrogens is 128 g/mol. The maximum atomic E-state index is 11.6. The number of carbonyl (C=O) groups is 1. The summed E-state index contributed by atoms with van der Waals surface area (Å²) >= 11 is 0. The van der Waals surface area contributed by atoms with Crippen molar-refractivity contribution in [3.05, 3.63) is 0 Å². The van der Waals surface area contributed by atoms with Gasteiger partial charge in [0.15, 0.2) is 0 Å². The van der Waals surface area contributed by atoms with Gasteiger partial charge >= 0.3 is 0 Å². The lowest BCUT2D eigenvalue weighted by atomic mass is 10.1. The van der Waals surface area contributed by atoms with E-state index in [1.807, 2.05) is 0 Å². The van der Waals surface area contributed by atoms with Crippen LogP contribution in [0, 0.1) is 5.92 Å². The number of hydrogen-bond donors (Lipinski definition) is 1. The zero-order chi connectivity index (χ0) is 7.28. The van der Waals surface area contributed by atoms with E-state index in [0.717, 1.165) is 0 Å². The second kappa shape index (κ2) is 4.23. The van der Waals surface area contributed by atoms with Crippen molar-refractivity contribution < 1.29 is 13.6 Å². The summed E-state index contributed by atoms with van der Waals surface area (Å²) in [5, 5.41) is 0. The van der Waals surface area contributed by atoms with Crippen LogP contribution in [0.2, 0.25) is 0 Å². The lowest BCUT2D eigenvalue weighted by Gasteiger charge is -2.03. The Labute approximate surface area is 52.0 Å². The van der Waals surface area contributed by atoms with Crippen molar-refractivity contribution in [3.63, 3.8) is 0 Å². The van der Waals surface area contributed by atoms with Crippen molar-refractivity contribution in [2.45, 2.75) is 6.42 Å². The summed E-state index contributed by atoms with van der Waals surface area (Å²) in [5.41, 5.74) is 4.69. The van der Waals surface area contributed by atoms with Crippen molar-refractivity contribution >= 4 is 5.91 Å². The Morgan fingerprint density at radius 3 is 2.22 bits per heavy atom. The highest BCUT2D eigenvalue weighted by molar-refractivity contribution is 5.76. The van der Waals surface area contributed by atoms with E-state index in [9.17, 15) is 13.6 Å². The first-order chi connectivity index (χ1) is 4.22. The predicted molar refractivity (Wildman–Crippen MR) is 29.3 cm³/mol. The van der Waals surface area contributed by atoms with Crippen LogP contribution in [0.3, 0.4) is 0 Å². The molecule has 0 spiro atoms. The predicted octanol–water partition coefficient (Wildman–Crippen LogP) is 0.417. The van der Waals surface area contributed by atoms with Crippen molar-refractivity contribution in [3.8, 4) is 0 Å². The highest BCUT2D eigenvalue weighted by Gasteiger charge is 2.13. The maximum Gasteiger partial charge on any atom is 0.223 e. The highest BCUT2D eigenvalue weighted by atomic mass is 19.1. The van der Waals surface area contributed by atoms with E-state index < -0.39 is 25.2 Å².